The highest BCUT2D eigenvalue weighted by molar-refractivity contribution is 14.0. The Morgan fingerprint density at radius 2 is 2.10 bits per heavy atom. The predicted molar refractivity (Wildman–Crippen MR) is 129 cm³/mol. The van der Waals surface area contributed by atoms with E-state index in [9.17, 15) is 0 Å². The highest BCUT2D eigenvalue weighted by atomic mass is 127. The van der Waals surface area contributed by atoms with E-state index in [1.807, 2.05) is 24.8 Å². The van der Waals surface area contributed by atoms with Gasteiger partial charge < -0.3 is 14.8 Å². The summed E-state index contributed by atoms with van der Waals surface area (Å²) in [7, 11) is 0. The summed E-state index contributed by atoms with van der Waals surface area (Å²) >= 11 is 0. The fourth-order valence-electron chi connectivity index (χ4n) is 3.98. The lowest BCUT2D eigenvalue weighted by molar-refractivity contribution is 0.189. The molecule has 3 aromatic rings. The molecule has 0 bridgehead atoms. The van der Waals surface area contributed by atoms with E-state index in [0.29, 0.717) is 18.5 Å². The van der Waals surface area contributed by atoms with E-state index in [0.717, 1.165) is 48.5 Å². The van der Waals surface area contributed by atoms with Gasteiger partial charge in [-0.25, -0.2) is 9.98 Å². The highest BCUT2D eigenvalue weighted by Gasteiger charge is 2.28. The van der Waals surface area contributed by atoms with E-state index in [1.165, 1.54) is 0 Å². The second kappa shape index (κ2) is 10.0. The average Bonchev–Trinajstić information content (AvgIpc) is 3.26. The van der Waals surface area contributed by atoms with Crippen LogP contribution < -0.4 is 5.32 Å². The van der Waals surface area contributed by atoms with E-state index in [2.05, 4.69) is 69.1 Å². The number of fused-ring (bicyclic) bond motifs is 1. The van der Waals surface area contributed by atoms with E-state index < -0.39 is 0 Å². The molecule has 0 radical (unpaired) electrons. The van der Waals surface area contributed by atoms with Crippen molar-refractivity contribution in [2.75, 3.05) is 19.6 Å². The maximum atomic E-state index is 4.96. The molecule has 1 N–H and O–H groups in total. The van der Waals surface area contributed by atoms with Crippen molar-refractivity contribution in [3.8, 4) is 0 Å². The zero-order valence-electron chi connectivity index (χ0n) is 17.0. The first-order valence-corrected chi connectivity index (χ1v) is 10.1. The zero-order valence-corrected chi connectivity index (χ0v) is 19.4. The van der Waals surface area contributed by atoms with Crippen LogP contribution in [0, 0.1) is 5.92 Å². The lowest BCUT2D eigenvalue weighted by Gasteiger charge is -2.39. The molecule has 1 aromatic carbocycles. The minimum absolute atomic E-state index is 0. The van der Waals surface area contributed by atoms with Crippen LogP contribution >= 0.6 is 24.0 Å². The van der Waals surface area contributed by atoms with Gasteiger partial charge in [-0.15, -0.1) is 24.0 Å². The van der Waals surface area contributed by atoms with Crippen molar-refractivity contribution in [3.05, 3.63) is 60.8 Å². The van der Waals surface area contributed by atoms with Crippen LogP contribution in [0.4, 0.5) is 0 Å². The molecule has 1 aliphatic rings. The minimum Gasteiger partial charge on any atom is -0.357 e. The molecule has 7 heteroatoms. The van der Waals surface area contributed by atoms with Gasteiger partial charge in [0.15, 0.2) is 5.96 Å². The summed E-state index contributed by atoms with van der Waals surface area (Å²) in [6.07, 6.45) is 8.84. The molecule has 2 aromatic heterocycles. The van der Waals surface area contributed by atoms with Gasteiger partial charge in [0.2, 0.25) is 0 Å². The van der Waals surface area contributed by atoms with Crippen molar-refractivity contribution in [3.63, 3.8) is 0 Å². The lowest BCUT2D eigenvalue weighted by Crippen LogP contribution is -2.49. The second-order valence-electron chi connectivity index (χ2n) is 7.45. The Kier molecular flexibility index (Phi) is 7.46. The zero-order chi connectivity index (χ0) is 19.3. The number of likely N-dealkylation sites (tertiary alicyclic amines) is 1. The molecule has 0 saturated carbocycles. The number of pyridine rings is 1. The standard InChI is InChI=1S/C22H28N6.HI/c1-3-24-22(26-14-19-7-4-6-18-8-5-10-25-21(18)19)27-12-9-17(2)20(15-27)28-13-11-23-16-28;/h4-8,10-11,13,16-17,20H,3,9,12,14-15H2,1-2H3,(H,24,26);1H. The number of imidazole rings is 1. The molecule has 1 aliphatic heterocycles. The van der Waals surface area contributed by atoms with Crippen molar-refractivity contribution in [2.24, 2.45) is 10.9 Å². The fraction of sp³-hybridized carbons (Fsp3) is 0.409. The molecule has 3 heterocycles. The van der Waals surface area contributed by atoms with Gasteiger partial charge in [-0.3, -0.25) is 4.98 Å². The van der Waals surface area contributed by atoms with Crippen LogP contribution in [0.15, 0.2) is 60.2 Å². The molecule has 2 atom stereocenters. The molecule has 0 spiro atoms. The summed E-state index contributed by atoms with van der Waals surface area (Å²) in [5.41, 5.74) is 2.19. The molecule has 0 aliphatic carbocycles. The number of piperidine rings is 1. The number of hydrogen-bond acceptors (Lipinski definition) is 3. The molecular formula is C22H29IN6. The Hall–Kier alpha value is -2.16. The lowest BCUT2D eigenvalue weighted by atomic mass is 9.93. The monoisotopic (exact) mass is 504 g/mol. The maximum absolute atomic E-state index is 4.96. The van der Waals surface area contributed by atoms with Gasteiger partial charge in [-0.1, -0.05) is 31.2 Å². The Balaban J connectivity index is 0.00000240. The number of guanidine groups is 1. The SMILES string of the molecule is CCNC(=NCc1cccc2cccnc12)N1CCC(C)C(n2ccnc2)C1.I. The van der Waals surface area contributed by atoms with Crippen molar-refractivity contribution in [2.45, 2.75) is 32.9 Å². The summed E-state index contributed by atoms with van der Waals surface area (Å²) in [5.74, 6) is 1.60. The summed E-state index contributed by atoms with van der Waals surface area (Å²) in [4.78, 5) is 16.1. The number of aliphatic imine (C=N–C) groups is 1. The van der Waals surface area contributed by atoms with Crippen LogP contribution in [0.1, 0.15) is 31.9 Å². The smallest absolute Gasteiger partial charge is 0.194 e. The Morgan fingerprint density at radius 3 is 2.90 bits per heavy atom. The number of para-hydroxylation sites is 1. The number of halogens is 1. The molecule has 29 heavy (non-hydrogen) atoms. The molecule has 4 rings (SSSR count). The predicted octanol–water partition coefficient (Wildman–Crippen LogP) is 4.10. The van der Waals surface area contributed by atoms with Crippen LogP contribution in [0.2, 0.25) is 0 Å². The largest absolute Gasteiger partial charge is 0.357 e. The Morgan fingerprint density at radius 1 is 1.24 bits per heavy atom. The van der Waals surface area contributed by atoms with E-state index in [1.54, 1.807) is 0 Å². The first kappa shape index (κ1) is 21.5. The Bertz CT molecular complexity index is 934. The van der Waals surface area contributed by atoms with Crippen LogP contribution in [0.25, 0.3) is 10.9 Å². The van der Waals surface area contributed by atoms with Crippen LogP contribution in [0.5, 0.6) is 0 Å². The van der Waals surface area contributed by atoms with Gasteiger partial charge in [-0.2, -0.15) is 0 Å². The number of hydrogen-bond donors (Lipinski definition) is 1. The summed E-state index contributed by atoms with van der Waals surface area (Å²) in [5, 5.41) is 4.64. The van der Waals surface area contributed by atoms with Crippen LogP contribution in [-0.2, 0) is 6.54 Å². The third-order valence-corrected chi connectivity index (χ3v) is 5.58. The van der Waals surface area contributed by atoms with Gasteiger partial charge in [0.25, 0.3) is 0 Å². The molecule has 2 unspecified atom stereocenters. The summed E-state index contributed by atoms with van der Waals surface area (Å²) < 4.78 is 2.23. The van der Waals surface area contributed by atoms with Gasteiger partial charge >= 0.3 is 0 Å². The molecule has 0 amide bonds. The normalized spacial score (nSPS) is 19.8. The topological polar surface area (TPSA) is 58.3 Å². The number of benzene rings is 1. The number of rotatable bonds is 4. The van der Waals surface area contributed by atoms with Crippen LogP contribution in [-0.4, -0.2) is 45.0 Å². The summed E-state index contributed by atoms with van der Waals surface area (Å²) in [6, 6.07) is 10.8. The molecule has 6 nitrogen and oxygen atoms in total. The number of nitrogens with one attached hydrogen (secondary N) is 1. The quantitative estimate of drug-likeness (QED) is 0.330. The van der Waals surface area contributed by atoms with Crippen molar-refractivity contribution < 1.29 is 0 Å². The average molecular weight is 504 g/mol. The molecular weight excluding hydrogens is 475 g/mol. The highest BCUT2D eigenvalue weighted by Crippen LogP contribution is 2.27. The first-order valence-electron chi connectivity index (χ1n) is 10.1. The van der Waals surface area contributed by atoms with Crippen molar-refractivity contribution in [1.82, 2.24) is 24.8 Å². The van der Waals surface area contributed by atoms with Crippen molar-refractivity contribution in [1.29, 1.82) is 0 Å². The Labute approximate surface area is 189 Å². The maximum Gasteiger partial charge on any atom is 0.194 e. The van der Waals surface area contributed by atoms with Crippen molar-refractivity contribution >= 4 is 40.8 Å². The van der Waals surface area contributed by atoms with E-state index in [-0.39, 0.29) is 24.0 Å². The summed E-state index contributed by atoms with van der Waals surface area (Å²) in [6.45, 7) is 7.89. The fourth-order valence-corrected chi connectivity index (χ4v) is 3.98. The van der Waals surface area contributed by atoms with Gasteiger partial charge in [-0.05, 0) is 30.9 Å². The van der Waals surface area contributed by atoms with Gasteiger partial charge in [0.1, 0.15) is 0 Å². The van der Waals surface area contributed by atoms with Gasteiger partial charge in [0.05, 0.1) is 24.4 Å². The number of aromatic nitrogens is 3. The van der Waals surface area contributed by atoms with Gasteiger partial charge in [0, 0.05) is 43.6 Å². The second-order valence-corrected chi connectivity index (χ2v) is 7.45. The van der Waals surface area contributed by atoms with E-state index >= 15 is 0 Å². The van der Waals surface area contributed by atoms with Crippen LogP contribution in [0.3, 0.4) is 0 Å². The molecule has 1 fully saturated rings. The third kappa shape index (κ3) is 4.88. The van der Waals surface area contributed by atoms with E-state index in [4.69, 9.17) is 4.99 Å². The molecule has 154 valence electrons. The minimum atomic E-state index is 0. The number of nitrogens with zero attached hydrogens (tertiary/aromatic N) is 5. The third-order valence-electron chi connectivity index (χ3n) is 5.58. The molecule has 1 saturated heterocycles. The first-order chi connectivity index (χ1) is 13.8.